The summed E-state index contributed by atoms with van der Waals surface area (Å²) in [5.74, 6) is -3.49. The van der Waals surface area contributed by atoms with E-state index in [0.717, 1.165) is 11.1 Å². The Bertz CT molecular complexity index is 1520. The number of hydrogen-bond donors (Lipinski definition) is 2. The van der Waals surface area contributed by atoms with Crippen LogP contribution in [0.15, 0.2) is 86.0 Å². The predicted molar refractivity (Wildman–Crippen MR) is 188 cm³/mol. The van der Waals surface area contributed by atoms with E-state index in [2.05, 4.69) is 34.4 Å². The summed E-state index contributed by atoms with van der Waals surface area (Å²) in [5.41, 5.74) is 0.314. The van der Waals surface area contributed by atoms with Crippen LogP contribution in [0.5, 0.6) is 0 Å². The van der Waals surface area contributed by atoms with Gasteiger partial charge in [0.2, 0.25) is 17.7 Å². The maximum absolute atomic E-state index is 14.8. The zero-order chi connectivity index (χ0) is 35.3. The summed E-state index contributed by atoms with van der Waals surface area (Å²) >= 11 is 3.74. The zero-order valence-electron chi connectivity index (χ0n) is 28.1. The van der Waals surface area contributed by atoms with Crippen molar-refractivity contribution in [2.45, 2.75) is 80.2 Å². The van der Waals surface area contributed by atoms with E-state index in [1.807, 2.05) is 74.5 Å². The molecule has 11 heteroatoms. The van der Waals surface area contributed by atoms with Crippen LogP contribution in [0.25, 0.3) is 0 Å². The van der Waals surface area contributed by atoms with Gasteiger partial charge in [-0.15, -0.1) is 13.2 Å². The molecular weight excluding hydrogens is 690 g/mol. The molecule has 3 amide bonds. The van der Waals surface area contributed by atoms with Crippen molar-refractivity contribution in [3.8, 4) is 0 Å². The molecule has 262 valence electrons. The van der Waals surface area contributed by atoms with Crippen LogP contribution in [0.1, 0.15) is 50.3 Å². The van der Waals surface area contributed by atoms with E-state index in [1.54, 1.807) is 17.1 Å². The van der Waals surface area contributed by atoms with Crippen molar-refractivity contribution in [1.29, 1.82) is 0 Å². The van der Waals surface area contributed by atoms with Gasteiger partial charge < -0.3 is 29.7 Å². The third kappa shape index (κ3) is 7.25. The summed E-state index contributed by atoms with van der Waals surface area (Å²) in [6.07, 6.45) is 3.87. The number of fused-ring (bicyclic) bond motifs is 1. The summed E-state index contributed by atoms with van der Waals surface area (Å²) < 4.78 is 12.3. The number of esters is 1. The Labute approximate surface area is 296 Å². The molecule has 0 aliphatic carbocycles. The average Bonchev–Trinajstić information content (AvgIpc) is 3.70. The lowest BCUT2D eigenvalue weighted by Gasteiger charge is -2.40. The number of rotatable bonds is 16. The zero-order valence-corrected chi connectivity index (χ0v) is 29.7. The van der Waals surface area contributed by atoms with Gasteiger partial charge in [0.15, 0.2) is 0 Å². The monoisotopic (exact) mass is 735 g/mol. The van der Waals surface area contributed by atoms with Crippen molar-refractivity contribution >= 4 is 39.6 Å². The first-order valence-electron chi connectivity index (χ1n) is 16.9. The Kier molecular flexibility index (Phi) is 11.8. The van der Waals surface area contributed by atoms with Gasteiger partial charge >= 0.3 is 5.97 Å². The van der Waals surface area contributed by atoms with Crippen LogP contribution < -0.4 is 5.32 Å². The van der Waals surface area contributed by atoms with E-state index in [1.165, 1.54) is 4.90 Å². The molecule has 1 spiro atoms. The lowest BCUT2D eigenvalue weighted by molar-refractivity contribution is -0.152. The Morgan fingerprint density at radius 2 is 1.80 bits per heavy atom. The summed E-state index contributed by atoms with van der Waals surface area (Å²) in [7, 11) is 0. The number of aliphatic hydroxyl groups is 1. The number of ether oxygens (including phenoxy) is 2. The molecule has 3 fully saturated rings. The van der Waals surface area contributed by atoms with Crippen molar-refractivity contribution in [3.63, 3.8) is 0 Å². The first-order valence-corrected chi connectivity index (χ1v) is 17.8. The molecule has 3 aliphatic rings. The van der Waals surface area contributed by atoms with Crippen molar-refractivity contribution in [1.82, 2.24) is 15.1 Å². The number of carbonyl (C=O) groups excluding carboxylic acids is 4. The highest BCUT2D eigenvalue weighted by atomic mass is 79.9. The fraction of sp³-hybridized carbons (Fsp3) is 0.474. The molecule has 3 heterocycles. The molecule has 0 radical (unpaired) electrons. The highest BCUT2D eigenvalue weighted by Crippen LogP contribution is 2.60. The molecule has 1 unspecified atom stereocenters. The van der Waals surface area contributed by atoms with Crippen molar-refractivity contribution in [2.75, 3.05) is 19.8 Å². The minimum Gasteiger partial charge on any atom is -0.463 e. The summed E-state index contributed by atoms with van der Waals surface area (Å²) in [4.78, 5) is 59.1. The number of alkyl halides is 1. The fourth-order valence-corrected chi connectivity index (χ4v) is 8.61. The first kappa shape index (κ1) is 36.5. The van der Waals surface area contributed by atoms with Crippen molar-refractivity contribution in [3.05, 3.63) is 97.1 Å². The number of aliphatic hydroxyl groups excluding tert-OH is 1. The number of halogens is 1. The molecular formula is C38H46BrN3O7. The Morgan fingerprint density at radius 3 is 2.41 bits per heavy atom. The molecule has 2 aromatic rings. The van der Waals surface area contributed by atoms with Crippen molar-refractivity contribution < 1.29 is 33.8 Å². The Morgan fingerprint density at radius 1 is 1.12 bits per heavy atom. The van der Waals surface area contributed by atoms with E-state index in [0.29, 0.717) is 19.3 Å². The predicted octanol–water partition coefficient (Wildman–Crippen LogP) is 4.13. The Hall–Kier alpha value is -3.80. The lowest BCUT2D eigenvalue weighted by Crippen LogP contribution is -2.60. The van der Waals surface area contributed by atoms with Gasteiger partial charge in [0.05, 0.1) is 36.6 Å². The van der Waals surface area contributed by atoms with Gasteiger partial charge in [0.1, 0.15) is 18.2 Å². The maximum Gasteiger partial charge on any atom is 0.306 e. The molecule has 0 aromatic heterocycles. The maximum atomic E-state index is 14.8. The highest BCUT2D eigenvalue weighted by molar-refractivity contribution is 9.09. The number of nitrogens with one attached hydrogen (secondary N) is 1. The standard InChI is InChI=1S/C38H46BrN3O7/c1-5-7-18-30(44)48-23-29(26-16-12-9-13-17-26)40-35(45)31-32-36(46)42(27(22-43)20-25-14-10-8-11-15-25)34(37(47)41(19-6-2)24(3)4)38(32)21-28(39)33(31)49-38/h5-6,8-17,24,27-29,31-34,43H,1-2,7,18-23H2,3-4H3,(H,40,45)/t27-,28?,29-,31+,32-,33+,34+,38-/m1/s1. The van der Waals surface area contributed by atoms with Gasteiger partial charge in [0, 0.05) is 23.8 Å². The minimum atomic E-state index is -1.31. The second kappa shape index (κ2) is 15.8. The molecule has 3 aliphatic heterocycles. The number of carbonyl (C=O) groups is 4. The van der Waals surface area contributed by atoms with E-state index in [9.17, 15) is 24.3 Å². The number of likely N-dealkylation sites (tertiary alicyclic amines) is 1. The second-order valence-corrected chi connectivity index (χ2v) is 14.5. The fourth-order valence-electron chi connectivity index (χ4n) is 7.67. The van der Waals surface area contributed by atoms with Gasteiger partial charge in [-0.2, -0.15) is 0 Å². The molecule has 3 saturated heterocycles. The molecule has 2 bridgehead atoms. The highest BCUT2D eigenvalue weighted by Gasteiger charge is 2.77. The molecule has 49 heavy (non-hydrogen) atoms. The van der Waals surface area contributed by atoms with Crippen LogP contribution in [-0.4, -0.2) is 93.0 Å². The van der Waals surface area contributed by atoms with Crippen molar-refractivity contribution in [2.24, 2.45) is 11.8 Å². The molecule has 2 N–H and O–H groups in total. The smallest absolute Gasteiger partial charge is 0.306 e. The molecule has 8 atom stereocenters. The number of nitrogens with zero attached hydrogens (tertiary/aromatic N) is 2. The first-order chi connectivity index (χ1) is 23.6. The van der Waals surface area contributed by atoms with Crippen LogP contribution in [0.3, 0.4) is 0 Å². The van der Waals surface area contributed by atoms with E-state index < -0.39 is 59.5 Å². The van der Waals surface area contributed by atoms with Crippen LogP contribution in [0.2, 0.25) is 0 Å². The molecule has 5 rings (SSSR count). The van der Waals surface area contributed by atoms with Crippen LogP contribution >= 0.6 is 15.9 Å². The quantitative estimate of drug-likeness (QED) is 0.151. The van der Waals surface area contributed by atoms with Crippen LogP contribution in [0.4, 0.5) is 0 Å². The third-order valence-corrected chi connectivity index (χ3v) is 10.7. The molecule has 0 saturated carbocycles. The van der Waals surface area contributed by atoms with Crippen LogP contribution in [-0.2, 0) is 35.1 Å². The Balaban J connectivity index is 1.51. The van der Waals surface area contributed by atoms with Gasteiger partial charge in [-0.1, -0.05) is 88.7 Å². The van der Waals surface area contributed by atoms with E-state index >= 15 is 0 Å². The second-order valence-electron chi connectivity index (χ2n) is 13.3. The summed E-state index contributed by atoms with van der Waals surface area (Å²) in [5, 5.41) is 13.8. The topological polar surface area (TPSA) is 125 Å². The number of amides is 3. The molecule has 10 nitrogen and oxygen atoms in total. The summed E-state index contributed by atoms with van der Waals surface area (Å²) in [6, 6.07) is 16.0. The van der Waals surface area contributed by atoms with E-state index in [4.69, 9.17) is 9.47 Å². The largest absolute Gasteiger partial charge is 0.463 e. The number of allylic oxidation sites excluding steroid dienone is 1. The van der Waals surface area contributed by atoms with E-state index in [-0.39, 0.29) is 43.0 Å². The number of benzene rings is 2. The summed E-state index contributed by atoms with van der Waals surface area (Å²) in [6.45, 7) is 11.1. The SMILES string of the molecule is C=CCCC(=O)OC[C@@H](NC(=O)[C@@H]1[C@H]2O[C@@]3(CC2Br)[C@H](C(=O)N(CC=C)C(C)C)N([C@@H](CO)Cc2ccccc2)C(=O)[C@@H]13)c1ccccc1. The van der Waals surface area contributed by atoms with Gasteiger partial charge in [-0.3, -0.25) is 19.2 Å². The van der Waals surface area contributed by atoms with Gasteiger partial charge in [-0.25, -0.2) is 0 Å². The lowest BCUT2D eigenvalue weighted by atomic mass is 9.70. The third-order valence-electron chi connectivity index (χ3n) is 9.90. The van der Waals surface area contributed by atoms with Gasteiger partial charge in [-0.05, 0) is 44.2 Å². The average molecular weight is 737 g/mol. The number of hydrogen-bond acceptors (Lipinski definition) is 7. The van der Waals surface area contributed by atoms with Crippen LogP contribution in [0, 0.1) is 11.8 Å². The molecule has 2 aromatic carbocycles. The normalized spacial score (nSPS) is 26.6. The van der Waals surface area contributed by atoms with Gasteiger partial charge in [0.25, 0.3) is 0 Å². The minimum absolute atomic E-state index is 0.104.